The van der Waals surface area contributed by atoms with Gasteiger partial charge in [-0.1, -0.05) is 48.5 Å². The fourth-order valence-electron chi connectivity index (χ4n) is 3.85. The maximum Gasteiger partial charge on any atom is 0.258 e. The van der Waals surface area contributed by atoms with E-state index in [0.717, 1.165) is 23.4 Å². The third kappa shape index (κ3) is 4.94. The topological polar surface area (TPSA) is 58.6 Å². The van der Waals surface area contributed by atoms with E-state index in [-0.39, 0.29) is 24.3 Å². The number of para-hydroxylation sites is 2. The highest BCUT2D eigenvalue weighted by atomic mass is 16.5. The molecular formula is C26H26N2O3. The van der Waals surface area contributed by atoms with Crippen LogP contribution in [0.1, 0.15) is 34.8 Å². The Balaban J connectivity index is 1.28. The summed E-state index contributed by atoms with van der Waals surface area (Å²) in [5.74, 6) is 0.690. The molecular weight excluding hydrogens is 388 g/mol. The first-order valence-corrected chi connectivity index (χ1v) is 10.6. The quantitative estimate of drug-likeness (QED) is 0.625. The Morgan fingerprint density at radius 3 is 2.45 bits per heavy atom. The van der Waals surface area contributed by atoms with Gasteiger partial charge in [-0.15, -0.1) is 0 Å². The minimum atomic E-state index is -0.0708. The number of rotatable bonds is 7. The van der Waals surface area contributed by atoms with Crippen LogP contribution in [-0.4, -0.2) is 24.5 Å². The molecule has 1 aliphatic heterocycles. The largest absolute Gasteiger partial charge is 0.493 e. The molecule has 158 valence electrons. The van der Waals surface area contributed by atoms with Crippen molar-refractivity contribution in [2.24, 2.45) is 0 Å². The van der Waals surface area contributed by atoms with Crippen LogP contribution in [0, 0.1) is 0 Å². The molecule has 3 aromatic carbocycles. The summed E-state index contributed by atoms with van der Waals surface area (Å²) < 4.78 is 5.55. The minimum Gasteiger partial charge on any atom is -0.493 e. The molecule has 0 aromatic heterocycles. The number of fused-ring (bicyclic) bond motifs is 1. The smallest absolute Gasteiger partial charge is 0.258 e. The monoisotopic (exact) mass is 414 g/mol. The third-order valence-electron chi connectivity index (χ3n) is 5.46. The van der Waals surface area contributed by atoms with Crippen molar-refractivity contribution in [3.63, 3.8) is 0 Å². The molecule has 1 aliphatic rings. The molecule has 0 saturated heterocycles. The fraction of sp³-hybridized carbons (Fsp3) is 0.231. The van der Waals surface area contributed by atoms with Crippen molar-refractivity contribution >= 4 is 17.5 Å². The van der Waals surface area contributed by atoms with E-state index in [1.807, 2.05) is 77.7 Å². The predicted molar refractivity (Wildman–Crippen MR) is 121 cm³/mol. The Labute approximate surface area is 182 Å². The Kier molecular flexibility index (Phi) is 6.32. The lowest BCUT2D eigenvalue weighted by atomic mass is 10.1. The summed E-state index contributed by atoms with van der Waals surface area (Å²) in [6.45, 7) is 2.82. The van der Waals surface area contributed by atoms with E-state index < -0.39 is 0 Å². The van der Waals surface area contributed by atoms with Crippen molar-refractivity contribution < 1.29 is 14.3 Å². The van der Waals surface area contributed by atoms with Crippen LogP contribution in [-0.2, 0) is 17.8 Å². The molecule has 1 heterocycles. The first-order chi connectivity index (χ1) is 15.1. The van der Waals surface area contributed by atoms with Crippen LogP contribution in [0.2, 0.25) is 0 Å². The molecule has 5 heteroatoms. The first-order valence-electron chi connectivity index (χ1n) is 10.6. The van der Waals surface area contributed by atoms with Crippen LogP contribution in [0.15, 0.2) is 78.9 Å². The minimum absolute atomic E-state index is 0.00564. The second kappa shape index (κ2) is 9.47. The average molecular weight is 415 g/mol. The number of amides is 2. The van der Waals surface area contributed by atoms with Gasteiger partial charge < -0.3 is 15.0 Å². The molecule has 0 bridgehead atoms. The van der Waals surface area contributed by atoms with Crippen LogP contribution < -0.4 is 15.0 Å². The number of ether oxygens (including phenoxy) is 1. The zero-order valence-corrected chi connectivity index (χ0v) is 17.6. The number of carbonyl (C=O) groups is 2. The zero-order chi connectivity index (χ0) is 21.6. The van der Waals surface area contributed by atoms with E-state index in [1.54, 1.807) is 0 Å². The van der Waals surface area contributed by atoms with Gasteiger partial charge in [0.2, 0.25) is 5.91 Å². The first kappa shape index (κ1) is 20.7. The second-order valence-electron chi connectivity index (χ2n) is 7.74. The van der Waals surface area contributed by atoms with Crippen molar-refractivity contribution in [3.8, 4) is 5.75 Å². The predicted octanol–water partition coefficient (Wildman–Crippen LogP) is 4.36. The summed E-state index contributed by atoms with van der Waals surface area (Å²) in [5.41, 5.74) is 3.80. The number of anilines is 1. The van der Waals surface area contributed by atoms with Crippen molar-refractivity contribution in [2.45, 2.75) is 32.4 Å². The molecule has 31 heavy (non-hydrogen) atoms. The van der Waals surface area contributed by atoms with Crippen LogP contribution in [0.4, 0.5) is 5.69 Å². The molecule has 0 saturated carbocycles. The number of hydrogen-bond donors (Lipinski definition) is 1. The molecule has 1 N–H and O–H groups in total. The molecule has 0 spiro atoms. The molecule has 1 atom stereocenters. The van der Waals surface area contributed by atoms with E-state index in [4.69, 9.17) is 4.74 Å². The van der Waals surface area contributed by atoms with Gasteiger partial charge in [0.1, 0.15) is 5.75 Å². The SMILES string of the molecule is CC1Cc2ccccc2N1C(=O)c1ccc(CNC(=O)CCOc2ccccc2)cc1. The van der Waals surface area contributed by atoms with Crippen molar-refractivity contribution in [3.05, 3.63) is 95.6 Å². The van der Waals surface area contributed by atoms with Crippen LogP contribution >= 0.6 is 0 Å². The zero-order valence-electron chi connectivity index (χ0n) is 17.6. The molecule has 0 aliphatic carbocycles. The van der Waals surface area contributed by atoms with Crippen LogP contribution in [0.25, 0.3) is 0 Å². The number of carbonyl (C=O) groups excluding carboxylic acids is 2. The summed E-state index contributed by atoms with van der Waals surface area (Å²) in [6.07, 6.45) is 1.16. The van der Waals surface area contributed by atoms with Gasteiger partial charge in [-0.25, -0.2) is 0 Å². The lowest BCUT2D eigenvalue weighted by Gasteiger charge is -2.23. The molecule has 0 radical (unpaired) electrons. The van der Waals surface area contributed by atoms with Crippen molar-refractivity contribution in [1.29, 1.82) is 0 Å². The summed E-state index contributed by atoms with van der Waals surface area (Å²) in [6, 6.07) is 25.1. The van der Waals surface area contributed by atoms with Gasteiger partial charge >= 0.3 is 0 Å². The van der Waals surface area contributed by atoms with E-state index >= 15 is 0 Å². The Hall–Kier alpha value is -3.60. The fourth-order valence-corrected chi connectivity index (χ4v) is 3.85. The summed E-state index contributed by atoms with van der Waals surface area (Å²) >= 11 is 0. The van der Waals surface area contributed by atoms with Gasteiger partial charge in [0.25, 0.3) is 5.91 Å². The Morgan fingerprint density at radius 2 is 1.68 bits per heavy atom. The van der Waals surface area contributed by atoms with Crippen molar-refractivity contribution in [2.75, 3.05) is 11.5 Å². The number of nitrogens with zero attached hydrogens (tertiary/aromatic N) is 1. The van der Waals surface area contributed by atoms with Gasteiger partial charge in [-0.2, -0.15) is 0 Å². The normalized spacial score (nSPS) is 14.7. The number of hydrogen-bond acceptors (Lipinski definition) is 3. The van der Waals surface area contributed by atoms with Gasteiger partial charge in [0.05, 0.1) is 13.0 Å². The van der Waals surface area contributed by atoms with Gasteiger partial charge in [-0.3, -0.25) is 9.59 Å². The molecule has 2 amide bonds. The van der Waals surface area contributed by atoms with Gasteiger partial charge in [0.15, 0.2) is 0 Å². The van der Waals surface area contributed by atoms with Crippen LogP contribution in [0.5, 0.6) is 5.75 Å². The lowest BCUT2D eigenvalue weighted by molar-refractivity contribution is -0.121. The van der Waals surface area contributed by atoms with E-state index in [9.17, 15) is 9.59 Å². The highest BCUT2D eigenvalue weighted by Gasteiger charge is 2.31. The lowest BCUT2D eigenvalue weighted by Crippen LogP contribution is -2.35. The Bertz CT molecular complexity index is 1050. The Morgan fingerprint density at radius 1 is 0.968 bits per heavy atom. The highest BCUT2D eigenvalue weighted by molar-refractivity contribution is 6.07. The second-order valence-corrected chi connectivity index (χ2v) is 7.74. The summed E-state index contributed by atoms with van der Waals surface area (Å²) in [7, 11) is 0. The summed E-state index contributed by atoms with van der Waals surface area (Å²) in [5, 5.41) is 2.89. The number of nitrogens with one attached hydrogen (secondary N) is 1. The molecule has 3 aromatic rings. The molecule has 1 unspecified atom stereocenters. The third-order valence-corrected chi connectivity index (χ3v) is 5.46. The van der Waals surface area contributed by atoms with E-state index in [2.05, 4.69) is 18.3 Å². The molecule has 5 nitrogen and oxygen atoms in total. The maximum atomic E-state index is 13.1. The molecule has 4 rings (SSSR count). The van der Waals surface area contributed by atoms with Crippen molar-refractivity contribution in [1.82, 2.24) is 5.32 Å². The van der Waals surface area contributed by atoms with E-state index in [0.29, 0.717) is 18.7 Å². The van der Waals surface area contributed by atoms with E-state index in [1.165, 1.54) is 5.56 Å². The standard InChI is InChI=1S/C26H26N2O3/c1-19-17-22-7-5-6-10-24(22)28(19)26(30)21-13-11-20(12-14-21)18-27-25(29)15-16-31-23-8-3-2-4-9-23/h2-14,19H,15-18H2,1H3,(H,27,29). The summed E-state index contributed by atoms with van der Waals surface area (Å²) in [4.78, 5) is 27.0. The van der Waals surface area contributed by atoms with Gasteiger partial charge in [0, 0.05) is 23.8 Å². The highest BCUT2D eigenvalue weighted by Crippen LogP contribution is 2.33. The average Bonchev–Trinajstić information content (AvgIpc) is 3.14. The van der Waals surface area contributed by atoms with Gasteiger partial charge in [-0.05, 0) is 54.8 Å². The van der Waals surface area contributed by atoms with Crippen LogP contribution in [0.3, 0.4) is 0 Å². The molecule has 0 fully saturated rings. The maximum absolute atomic E-state index is 13.1. The number of benzene rings is 3.